The summed E-state index contributed by atoms with van der Waals surface area (Å²) in [6.45, 7) is 7.52. The molecule has 0 saturated heterocycles. The average Bonchev–Trinajstić information content (AvgIpc) is 2.08. The molecule has 0 radical (unpaired) electrons. The van der Waals surface area contributed by atoms with Gasteiger partial charge in [0.1, 0.15) is 16.1 Å². The third-order valence-corrected chi connectivity index (χ3v) is 4.31. The lowest BCUT2D eigenvalue weighted by Gasteiger charge is -2.34. The van der Waals surface area contributed by atoms with Gasteiger partial charge in [0.15, 0.2) is 0 Å². The van der Waals surface area contributed by atoms with Crippen LogP contribution in [0.25, 0.3) is 0 Å². The molecule has 0 aliphatic heterocycles. The summed E-state index contributed by atoms with van der Waals surface area (Å²) in [6, 6.07) is 0.0192. The Bertz CT molecular complexity index is 319. The van der Waals surface area contributed by atoms with Crippen LogP contribution in [0.3, 0.4) is 0 Å². The standard InChI is InChI=1S/C11H20N2O3S/c1-7(13-17(16)11(2,3)4)8-5-9(6-8)12-10(14)15/h8-9,12H,5-6H2,1-4H3,(H,14,15)/b13-7+. The summed E-state index contributed by atoms with van der Waals surface area (Å²) in [5.41, 5.74) is 0.863. The number of hydrogen-bond donors (Lipinski definition) is 2. The van der Waals surface area contributed by atoms with Gasteiger partial charge in [-0.3, -0.25) is 0 Å². The van der Waals surface area contributed by atoms with Gasteiger partial charge in [-0.2, -0.15) is 0 Å². The second-order valence-corrected chi connectivity index (χ2v) is 7.31. The fourth-order valence-electron chi connectivity index (χ4n) is 1.59. The molecule has 0 spiro atoms. The van der Waals surface area contributed by atoms with Crippen LogP contribution in [-0.4, -0.2) is 32.3 Å². The topological polar surface area (TPSA) is 84.8 Å². The molecule has 1 fully saturated rings. The lowest BCUT2D eigenvalue weighted by atomic mass is 9.78. The second-order valence-electron chi connectivity index (χ2n) is 5.41. The van der Waals surface area contributed by atoms with E-state index in [9.17, 15) is 9.35 Å². The number of hydrogen-bond acceptors (Lipinski definition) is 3. The molecule has 6 heteroatoms. The van der Waals surface area contributed by atoms with Crippen molar-refractivity contribution in [1.29, 1.82) is 0 Å². The number of rotatable bonds is 3. The SMILES string of the molecule is C/C(=N\[S+]([O-])C(C)(C)C)C1CC(NC(=O)O)C1. The number of carboxylic acid groups (broad SMARTS) is 1. The van der Waals surface area contributed by atoms with E-state index in [2.05, 4.69) is 9.71 Å². The Balaban J connectivity index is 2.44. The van der Waals surface area contributed by atoms with Gasteiger partial charge in [-0.15, -0.1) is 0 Å². The van der Waals surface area contributed by atoms with Crippen LogP contribution < -0.4 is 5.32 Å². The summed E-state index contributed by atoms with van der Waals surface area (Å²) >= 11 is -1.23. The highest BCUT2D eigenvalue weighted by Gasteiger charge is 2.34. The van der Waals surface area contributed by atoms with Gasteiger partial charge in [-0.25, -0.2) is 4.79 Å². The second kappa shape index (κ2) is 5.27. The van der Waals surface area contributed by atoms with Crippen molar-refractivity contribution in [2.75, 3.05) is 0 Å². The summed E-state index contributed by atoms with van der Waals surface area (Å²) in [4.78, 5) is 10.4. The zero-order valence-electron chi connectivity index (χ0n) is 10.7. The molecule has 17 heavy (non-hydrogen) atoms. The molecule has 1 rings (SSSR count). The van der Waals surface area contributed by atoms with Crippen molar-refractivity contribution in [1.82, 2.24) is 5.32 Å². The van der Waals surface area contributed by atoms with Crippen LogP contribution in [0.15, 0.2) is 4.40 Å². The number of carbonyl (C=O) groups is 1. The van der Waals surface area contributed by atoms with Crippen LogP contribution in [0.5, 0.6) is 0 Å². The first-order valence-corrected chi connectivity index (χ1v) is 6.77. The molecular weight excluding hydrogens is 240 g/mol. The molecular formula is C11H20N2O3S. The predicted molar refractivity (Wildman–Crippen MR) is 68.7 cm³/mol. The van der Waals surface area contributed by atoms with E-state index in [0.29, 0.717) is 0 Å². The Morgan fingerprint density at radius 2 is 2.00 bits per heavy atom. The Hall–Kier alpha value is -0.750. The van der Waals surface area contributed by atoms with E-state index in [-0.39, 0.29) is 16.7 Å². The molecule has 0 heterocycles. The Morgan fingerprint density at radius 1 is 1.47 bits per heavy atom. The maximum absolute atomic E-state index is 11.8. The van der Waals surface area contributed by atoms with E-state index in [1.165, 1.54) is 0 Å². The lowest BCUT2D eigenvalue weighted by molar-refractivity contribution is 0.177. The average molecular weight is 260 g/mol. The van der Waals surface area contributed by atoms with Crippen molar-refractivity contribution in [2.45, 2.75) is 51.3 Å². The first kappa shape index (κ1) is 14.3. The fraction of sp³-hybridized carbons (Fsp3) is 0.818. The molecule has 1 unspecified atom stereocenters. The minimum absolute atomic E-state index is 0.0192. The van der Waals surface area contributed by atoms with E-state index < -0.39 is 17.5 Å². The van der Waals surface area contributed by atoms with Crippen molar-refractivity contribution in [3.63, 3.8) is 0 Å². The predicted octanol–water partition coefficient (Wildman–Crippen LogP) is 1.96. The van der Waals surface area contributed by atoms with E-state index >= 15 is 0 Å². The first-order chi connectivity index (χ1) is 7.70. The van der Waals surface area contributed by atoms with Gasteiger partial charge in [0, 0.05) is 12.0 Å². The van der Waals surface area contributed by atoms with Gasteiger partial charge in [-0.1, -0.05) is 4.40 Å². The van der Waals surface area contributed by atoms with Crippen LogP contribution in [0.4, 0.5) is 4.79 Å². The molecule has 5 nitrogen and oxygen atoms in total. The molecule has 1 aliphatic carbocycles. The van der Waals surface area contributed by atoms with Crippen molar-refractivity contribution < 1.29 is 14.5 Å². The van der Waals surface area contributed by atoms with E-state index in [1.807, 2.05) is 27.7 Å². The third-order valence-electron chi connectivity index (χ3n) is 2.81. The largest absolute Gasteiger partial charge is 0.591 e. The minimum Gasteiger partial charge on any atom is -0.591 e. The molecule has 2 N–H and O–H groups in total. The van der Waals surface area contributed by atoms with Gasteiger partial charge in [0.05, 0.1) is 5.71 Å². The monoisotopic (exact) mass is 260 g/mol. The molecule has 1 amide bonds. The van der Waals surface area contributed by atoms with E-state index in [4.69, 9.17) is 5.11 Å². The van der Waals surface area contributed by atoms with E-state index in [1.54, 1.807) is 0 Å². The van der Waals surface area contributed by atoms with Crippen LogP contribution in [0.1, 0.15) is 40.5 Å². The highest BCUT2D eigenvalue weighted by atomic mass is 32.2. The maximum Gasteiger partial charge on any atom is 0.404 e. The molecule has 98 valence electrons. The number of nitrogens with zero attached hydrogens (tertiary/aromatic N) is 1. The smallest absolute Gasteiger partial charge is 0.404 e. The zero-order chi connectivity index (χ0) is 13.2. The zero-order valence-corrected chi connectivity index (χ0v) is 11.5. The van der Waals surface area contributed by atoms with Gasteiger partial charge in [0.25, 0.3) is 0 Å². The molecule has 0 aromatic heterocycles. The molecule has 1 aliphatic rings. The Labute approximate surface area is 105 Å². The van der Waals surface area contributed by atoms with Crippen molar-refractivity contribution >= 4 is 23.2 Å². The highest BCUT2D eigenvalue weighted by molar-refractivity contribution is 7.91. The maximum atomic E-state index is 11.8. The summed E-state index contributed by atoms with van der Waals surface area (Å²) in [7, 11) is 0. The fourth-order valence-corrected chi connectivity index (χ4v) is 2.28. The number of amides is 1. The van der Waals surface area contributed by atoms with Crippen LogP contribution in [-0.2, 0) is 11.4 Å². The van der Waals surface area contributed by atoms with Crippen molar-refractivity contribution in [3.05, 3.63) is 0 Å². The van der Waals surface area contributed by atoms with Crippen LogP contribution in [0, 0.1) is 5.92 Å². The van der Waals surface area contributed by atoms with Gasteiger partial charge < -0.3 is 15.0 Å². The minimum atomic E-state index is -1.23. The van der Waals surface area contributed by atoms with E-state index in [0.717, 1.165) is 18.6 Å². The third kappa shape index (κ3) is 4.20. The molecule has 0 bridgehead atoms. The molecule has 0 aromatic rings. The lowest BCUT2D eigenvalue weighted by Crippen LogP contribution is -2.46. The quantitative estimate of drug-likeness (QED) is 0.601. The Kier molecular flexibility index (Phi) is 4.43. The first-order valence-electron chi connectivity index (χ1n) is 5.67. The Morgan fingerprint density at radius 3 is 2.41 bits per heavy atom. The van der Waals surface area contributed by atoms with Crippen LogP contribution in [0.2, 0.25) is 0 Å². The normalized spacial score (nSPS) is 27.2. The molecule has 1 atom stereocenters. The van der Waals surface area contributed by atoms with Crippen molar-refractivity contribution in [3.8, 4) is 0 Å². The van der Waals surface area contributed by atoms with Gasteiger partial charge >= 0.3 is 6.09 Å². The van der Waals surface area contributed by atoms with Gasteiger partial charge in [-0.05, 0) is 40.5 Å². The van der Waals surface area contributed by atoms with Gasteiger partial charge in [0.2, 0.25) is 0 Å². The van der Waals surface area contributed by atoms with Crippen molar-refractivity contribution in [2.24, 2.45) is 10.3 Å². The summed E-state index contributed by atoms with van der Waals surface area (Å²) in [5, 5.41) is 11.0. The molecule has 0 aromatic carbocycles. The highest BCUT2D eigenvalue weighted by Crippen LogP contribution is 2.30. The number of nitrogens with one attached hydrogen (secondary N) is 1. The summed E-state index contributed by atoms with van der Waals surface area (Å²) in [5.74, 6) is 0.262. The summed E-state index contributed by atoms with van der Waals surface area (Å²) in [6.07, 6.45) is 0.521. The summed E-state index contributed by atoms with van der Waals surface area (Å²) < 4.78 is 15.6. The van der Waals surface area contributed by atoms with Crippen LogP contribution >= 0.6 is 0 Å². The molecule has 1 saturated carbocycles.